The van der Waals surface area contributed by atoms with Crippen LogP contribution in [0.15, 0.2) is 53.7 Å². The van der Waals surface area contributed by atoms with Gasteiger partial charge in [0.25, 0.3) is 0 Å². The number of guanidine groups is 1. The number of fused-ring (bicyclic) bond motifs is 1. The van der Waals surface area contributed by atoms with Gasteiger partial charge in [-0.3, -0.25) is 9.39 Å². The highest BCUT2D eigenvalue weighted by molar-refractivity contribution is 5.79. The number of hydrogen-bond donors (Lipinski definition) is 2. The van der Waals surface area contributed by atoms with Gasteiger partial charge in [-0.25, -0.2) is 0 Å². The van der Waals surface area contributed by atoms with Crippen molar-refractivity contribution in [3.63, 3.8) is 0 Å². The lowest BCUT2D eigenvalue weighted by atomic mass is 10.2. The van der Waals surface area contributed by atoms with Gasteiger partial charge >= 0.3 is 0 Å². The summed E-state index contributed by atoms with van der Waals surface area (Å²) in [6, 6.07) is 13.8. The molecule has 0 saturated carbocycles. The molecule has 0 bridgehead atoms. The summed E-state index contributed by atoms with van der Waals surface area (Å²) >= 11 is 0. The first-order valence-electron chi connectivity index (χ1n) is 8.17. The van der Waals surface area contributed by atoms with Crippen LogP contribution in [0.5, 0.6) is 5.75 Å². The fourth-order valence-electron chi connectivity index (χ4n) is 2.60. The number of para-hydroxylation sites is 1. The number of hydrogen-bond acceptors (Lipinski definition) is 4. The molecule has 0 saturated heterocycles. The third kappa shape index (κ3) is 4.06. The molecular formula is C18H22N6O. The predicted molar refractivity (Wildman–Crippen MR) is 97.9 cm³/mol. The Bertz CT molecular complexity index is 857. The largest absolute Gasteiger partial charge is 0.496 e. The Morgan fingerprint density at radius 1 is 1.12 bits per heavy atom. The molecule has 2 heterocycles. The number of nitrogens with zero attached hydrogens (tertiary/aromatic N) is 4. The van der Waals surface area contributed by atoms with Gasteiger partial charge in [0.15, 0.2) is 11.6 Å². The fourth-order valence-corrected chi connectivity index (χ4v) is 2.60. The second-order valence-electron chi connectivity index (χ2n) is 5.46. The lowest BCUT2D eigenvalue weighted by Gasteiger charge is -2.13. The number of benzene rings is 1. The summed E-state index contributed by atoms with van der Waals surface area (Å²) in [5, 5.41) is 15.0. The maximum atomic E-state index is 5.36. The predicted octanol–water partition coefficient (Wildman–Crippen LogP) is 1.65. The Labute approximate surface area is 146 Å². The molecule has 25 heavy (non-hydrogen) atoms. The lowest BCUT2D eigenvalue weighted by Crippen LogP contribution is -2.38. The summed E-state index contributed by atoms with van der Waals surface area (Å²) in [6.45, 7) is 1.35. The van der Waals surface area contributed by atoms with Crippen LogP contribution in [0.4, 0.5) is 0 Å². The highest BCUT2D eigenvalue weighted by Crippen LogP contribution is 2.16. The second-order valence-corrected chi connectivity index (χ2v) is 5.46. The lowest BCUT2D eigenvalue weighted by molar-refractivity contribution is 0.409. The molecule has 0 radical (unpaired) electrons. The maximum Gasteiger partial charge on any atom is 0.191 e. The molecular weight excluding hydrogens is 316 g/mol. The van der Waals surface area contributed by atoms with E-state index in [1.807, 2.05) is 53.1 Å². The van der Waals surface area contributed by atoms with Crippen molar-refractivity contribution in [3.05, 3.63) is 60.0 Å². The molecule has 0 amide bonds. The average molecular weight is 338 g/mol. The second kappa shape index (κ2) is 8.14. The van der Waals surface area contributed by atoms with Crippen molar-refractivity contribution in [1.29, 1.82) is 0 Å². The normalized spacial score (nSPS) is 11.5. The van der Waals surface area contributed by atoms with Crippen LogP contribution >= 0.6 is 0 Å². The molecule has 0 aliphatic rings. The zero-order valence-electron chi connectivity index (χ0n) is 14.4. The summed E-state index contributed by atoms with van der Waals surface area (Å²) in [7, 11) is 3.43. The van der Waals surface area contributed by atoms with Crippen LogP contribution in [0.1, 0.15) is 11.4 Å². The third-order valence-corrected chi connectivity index (χ3v) is 3.89. The molecule has 7 nitrogen and oxygen atoms in total. The Kier molecular flexibility index (Phi) is 5.46. The molecule has 0 unspecified atom stereocenters. The average Bonchev–Trinajstić information content (AvgIpc) is 3.08. The van der Waals surface area contributed by atoms with Crippen molar-refractivity contribution >= 4 is 11.6 Å². The van der Waals surface area contributed by atoms with E-state index in [9.17, 15) is 0 Å². The highest BCUT2D eigenvalue weighted by atomic mass is 16.5. The first-order chi connectivity index (χ1) is 12.3. The van der Waals surface area contributed by atoms with Crippen LogP contribution in [0, 0.1) is 0 Å². The van der Waals surface area contributed by atoms with Crippen LogP contribution in [-0.2, 0) is 13.0 Å². The number of aromatic nitrogens is 3. The van der Waals surface area contributed by atoms with Gasteiger partial charge in [0.2, 0.25) is 0 Å². The number of rotatable bonds is 6. The van der Waals surface area contributed by atoms with E-state index in [1.54, 1.807) is 14.2 Å². The number of pyridine rings is 1. The minimum atomic E-state index is 0.636. The van der Waals surface area contributed by atoms with E-state index >= 15 is 0 Å². The van der Waals surface area contributed by atoms with Crippen LogP contribution in [0.25, 0.3) is 5.65 Å². The topological polar surface area (TPSA) is 75.8 Å². The van der Waals surface area contributed by atoms with Crippen molar-refractivity contribution in [2.75, 3.05) is 20.7 Å². The summed E-state index contributed by atoms with van der Waals surface area (Å²) in [4.78, 5) is 4.25. The summed E-state index contributed by atoms with van der Waals surface area (Å²) < 4.78 is 7.36. The van der Waals surface area contributed by atoms with E-state index in [2.05, 4.69) is 25.8 Å². The number of ether oxygens (including phenoxy) is 1. The number of nitrogens with one attached hydrogen (secondary N) is 2. The first-order valence-corrected chi connectivity index (χ1v) is 8.17. The van der Waals surface area contributed by atoms with Gasteiger partial charge in [0.05, 0.1) is 7.11 Å². The van der Waals surface area contributed by atoms with Gasteiger partial charge in [-0.15, -0.1) is 10.2 Å². The van der Waals surface area contributed by atoms with Crippen LogP contribution in [0.3, 0.4) is 0 Å². The van der Waals surface area contributed by atoms with Crippen molar-refractivity contribution in [1.82, 2.24) is 25.2 Å². The number of methoxy groups -OCH3 is 1. The van der Waals surface area contributed by atoms with E-state index < -0.39 is 0 Å². The molecule has 0 aliphatic heterocycles. The zero-order chi connectivity index (χ0) is 17.5. The first kappa shape index (κ1) is 16.8. The van der Waals surface area contributed by atoms with Gasteiger partial charge in [0.1, 0.15) is 11.6 Å². The van der Waals surface area contributed by atoms with Crippen molar-refractivity contribution < 1.29 is 4.74 Å². The molecule has 0 spiro atoms. The Morgan fingerprint density at radius 2 is 1.96 bits per heavy atom. The molecule has 3 aromatic rings. The molecule has 0 atom stereocenters. The smallest absolute Gasteiger partial charge is 0.191 e. The van der Waals surface area contributed by atoms with Crippen LogP contribution < -0.4 is 15.4 Å². The van der Waals surface area contributed by atoms with E-state index in [4.69, 9.17) is 4.74 Å². The van der Waals surface area contributed by atoms with Gasteiger partial charge in [-0.1, -0.05) is 24.3 Å². The molecule has 3 rings (SSSR count). The maximum absolute atomic E-state index is 5.36. The SMILES string of the molecule is CN=C(NCCc1nnc2ccccn12)NCc1ccccc1OC. The number of aliphatic imine (C=N–C) groups is 1. The molecule has 2 N–H and O–H groups in total. The summed E-state index contributed by atoms with van der Waals surface area (Å²) in [5.74, 6) is 2.52. The van der Waals surface area contributed by atoms with Crippen LogP contribution in [-0.4, -0.2) is 41.3 Å². The standard InChI is InChI=1S/C18H22N6O/c1-19-18(21-13-14-7-3-4-8-15(14)25-2)20-11-10-17-23-22-16-9-5-6-12-24(16)17/h3-9,12H,10-11,13H2,1-2H3,(H2,19,20,21). The minimum absolute atomic E-state index is 0.636. The van der Waals surface area contributed by atoms with Gasteiger partial charge in [-0.2, -0.15) is 0 Å². The molecule has 2 aromatic heterocycles. The Balaban J connectivity index is 1.53. The van der Waals surface area contributed by atoms with E-state index in [0.29, 0.717) is 13.1 Å². The zero-order valence-corrected chi connectivity index (χ0v) is 14.4. The molecule has 0 aliphatic carbocycles. The van der Waals surface area contributed by atoms with Crippen molar-refractivity contribution in [2.45, 2.75) is 13.0 Å². The van der Waals surface area contributed by atoms with Crippen molar-refractivity contribution in [2.24, 2.45) is 4.99 Å². The minimum Gasteiger partial charge on any atom is -0.496 e. The molecule has 130 valence electrons. The molecule has 7 heteroatoms. The van der Waals surface area contributed by atoms with E-state index in [-0.39, 0.29) is 0 Å². The Morgan fingerprint density at radius 3 is 2.80 bits per heavy atom. The van der Waals surface area contributed by atoms with Crippen molar-refractivity contribution in [3.8, 4) is 5.75 Å². The third-order valence-electron chi connectivity index (χ3n) is 3.89. The Hall–Kier alpha value is -3.09. The van der Waals surface area contributed by atoms with Gasteiger partial charge in [0, 0.05) is 38.3 Å². The highest BCUT2D eigenvalue weighted by Gasteiger charge is 2.06. The monoisotopic (exact) mass is 338 g/mol. The summed E-state index contributed by atoms with van der Waals surface area (Å²) in [6.07, 6.45) is 2.72. The summed E-state index contributed by atoms with van der Waals surface area (Å²) in [5.41, 5.74) is 1.94. The quantitative estimate of drug-likeness (QED) is 0.528. The van der Waals surface area contributed by atoms with Gasteiger partial charge in [-0.05, 0) is 18.2 Å². The fraction of sp³-hybridized carbons (Fsp3) is 0.278. The molecule has 1 aromatic carbocycles. The van der Waals surface area contributed by atoms with E-state index in [0.717, 1.165) is 35.2 Å². The van der Waals surface area contributed by atoms with Crippen LogP contribution in [0.2, 0.25) is 0 Å². The van der Waals surface area contributed by atoms with Gasteiger partial charge < -0.3 is 15.4 Å². The molecule has 0 fully saturated rings. The van der Waals surface area contributed by atoms with E-state index in [1.165, 1.54) is 0 Å².